The molecule has 88 valence electrons. The fourth-order valence-corrected chi connectivity index (χ4v) is 2.41. The minimum Gasteiger partial charge on any atom is -0.484 e. The number of aromatic nitrogens is 1. The first-order chi connectivity index (χ1) is 8.15. The number of carbonyl (C=O) groups is 1. The summed E-state index contributed by atoms with van der Waals surface area (Å²) in [7, 11) is 0. The number of ketones is 1. The van der Waals surface area contributed by atoms with Crippen LogP contribution >= 0.6 is 27.3 Å². The lowest BCUT2D eigenvalue weighted by atomic mass is 10.3. The highest BCUT2D eigenvalue weighted by Gasteiger charge is 2.09. The summed E-state index contributed by atoms with van der Waals surface area (Å²) in [5, 5.41) is 0. The highest BCUT2D eigenvalue weighted by molar-refractivity contribution is 9.10. The first kappa shape index (κ1) is 12.3. The molecule has 3 nitrogen and oxygen atoms in total. The summed E-state index contributed by atoms with van der Waals surface area (Å²) in [5.74, 6) is 0.573. The van der Waals surface area contributed by atoms with E-state index in [0.29, 0.717) is 5.75 Å². The van der Waals surface area contributed by atoms with E-state index in [1.54, 1.807) is 18.5 Å². The maximum atomic E-state index is 11.8. The Kier molecular flexibility index (Phi) is 3.91. The Morgan fingerprint density at radius 3 is 2.94 bits per heavy atom. The second-order valence-electron chi connectivity index (χ2n) is 3.46. The molecule has 0 aliphatic carbocycles. The Bertz CT molecular complexity index is 539. The highest BCUT2D eigenvalue weighted by Crippen LogP contribution is 2.18. The number of aryl methyl sites for hydroxylation is 1. The number of carbonyl (C=O) groups excluding carboxylic acids is 1. The van der Waals surface area contributed by atoms with E-state index in [4.69, 9.17) is 4.74 Å². The molecule has 2 heterocycles. The average molecular weight is 312 g/mol. The molecule has 5 heteroatoms. The van der Waals surface area contributed by atoms with E-state index in [0.717, 1.165) is 14.2 Å². The number of pyridine rings is 1. The maximum Gasteiger partial charge on any atom is 0.210 e. The van der Waals surface area contributed by atoms with Crippen molar-refractivity contribution >= 4 is 33.0 Å². The van der Waals surface area contributed by atoms with Crippen molar-refractivity contribution < 1.29 is 9.53 Å². The number of hydrogen-bond acceptors (Lipinski definition) is 4. The van der Waals surface area contributed by atoms with E-state index >= 15 is 0 Å². The summed E-state index contributed by atoms with van der Waals surface area (Å²) in [5.41, 5.74) is 0. The summed E-state index contributed by atoms with van der Waals surface area (Å²) in [6, 6.07) is 5.53. The molecule has 0 aliphatic heterocycles. The van der Waals surface area contributed by atoms with Crippen molar-refractivity contribution in [1.82, 2.24) is 4.98 Å². The molecule has 2 rings (SSSR count). The predicted molar refractivity (Wildman–Crippen MR) is 70.8 cm³/mol. The van der Waals surface area contributed by atoms with Crippen molar-refractivity contribution in [3.63, 3.8) is 0 Å². The molecule has 0 fully saturated rings. The molecule has 0 spiro atoms. The van der Waals surface area contributed by atoms with Crippen LogP contribution in [-0.4, -0.2) is 17.4 Å². The summed E-state index contributed by atoms with van der Waals surface area (Å²) in [4.78, 5) is 17.6. The molecule has 0 aromatic carbocycles. The van der Waals surface area contributed by atoms with Crippen LogP contribution in [0.2, 0.25) is 0 Å². The van der Waals surface area contributed by atoms with Crippen molar-refractivity contribution in [2.24, 2.45) is 0 Å². The molecule has 0 bridgehead atoms. The van der Waals surface area contributed by atoms with E-state index in [-0.39, 0.29) is 12.4 Å². The van der Waals surface area contributed by atoms with Gasteiger partial charge in [-0.2, -0.15) is 0 Å². The van der Waals surface area contributed by atoms with Gasteiger partial charge in [0.25, 0.3) is 0 Å². The molecule has 0 aliphatic rings. The molecule has 0 atom stereocenters. The summed E-state index contributed by atoms with van der Waals surface area (Å²) in [6.45, 7) is 2.01. The molecular weight excluding hydrogens is 302 g/mol. The van der Waals surface area contributed by atoms with Crippen molar-refractivity contribution in [2.45, 2.75) is 6.92 Å². The van der Waals surface area contributed by atoms with Gasteiger partial charge in [-0.3, -0.25) is 9.78 Å². The molecular formula is C12H10BrNO2S. The molecule has 0 radical (unpaired) electrons. The Morgan fingerprint density at radius 2 is 2.29 bits per heavy atom. The van der Waals surface area contributed by atoms with Crippen LogP contribution in [0.1, 0.15) is 14.5 Å². The number of ether oxygens (including phenoxy) is 1. The Hall–Kier alpha value is -1.20. The van der Waals surface area contributed by atoms with Crippen LogP contribution in [-0.2, 0) is 0 Å². The van der Waals surface area contributed by atoms with Gasteiger partial charge in [0.1, 0.15) is 5.75 Å². The number of nitrogens with zero attached hydrogens (tertiary/aromatic N) is 1. The van der Waals surface area contributed by atoms with Crippen molar-refractivity contribution in [3.8, 4) is 5.75 Å². The third-order valence-corrected chi connectivity index (χ3v) is 3.54. The first-order valence-electron chi connectivity index (χ1n) is 4.98. The monoisotopic (exact) mass is 311 g/mol. The van der Waals surface area contributed by atoms with Crippen molar-refractivity contribution in [2.75, 3.05) is 6.61 Å². The third kappa shape index (κ3) is 3.38. The van der Waals surface area contributed by atoms with E-state index < -0.39 is 0 Å². The Labute approximate surface area is 112 Å². The smallest absolute Gasteiger partial charge is 0.210 e. The molecule has 0 amide bonds. The lowest BCUT2D eigenvalue weighted by molar-refractivity contribution is 0.0925. The van der Waals surface area contributed by atoms with Gasteiger partial charge in [-0.25, -0.2) is 0 Å². The second kappa shape index (κ2) is 5.42. The second-order valence-corrected chi connectivity index (χ2v) is 5.66. The SMILES string of the molecule is Cc1ccc(C(=O)COc2cncc(Br)c2)s1. The molecule has 0 saturated heterocycles. The highest BCUT2D eigenvalue weighted by atomic mass is 79.9. The lowest BCUT2D eigenvalue weighted by Crippen LogP contribution is -2.10. The largest absolute Gasteiger partial charge is 0.484 e. The summed E-state index contributed by atoms with van der Waals surface area (Å²) >= 11 is 4.77. The van der Waals surface area contributed by atoms with Crippen LogP contribution in [0.25, 0.3) is 0 Å². The van der Waals surface area contributed by atoms with Crippen molar-refractivity contribution in [3.05, 3.63) is 44.8 Å². The molecule has 2 aromatic rings. The molecule has 0 unspecified atom stereocenters. The summed E-state index contributed by atoms with van der Waals surface area (Å²) in [6.07, 6.45) is 3.25. The molecule has 0 saturated carbocycles. The minimum absolute atomic E-state index is 0.0110. The van der Waals surface area contributed by atoms with Crippen molar-refractivity contribution in [1.29, 1.82) is 0 Å². The standard InChI is InChI=1S/C12H10BrNO2S/c1-8-2-3-12(17-8)11(15)7-16-10-4-9(13)5-14-6-10/h2-6H,7H2,1H3. The maximum absolute atomic E-state index is 11.8. The molecule has 17 heavy (non-hydrogen) atoms. The quantitative estimate of drug-likeness (QED) is 0.812. The zero-order valence-corrected chi connectivity index (χ0v) is 11.5. The fraction of sp³-hybridized carbons (Fsp3) is 0.167. The third-order valence-electron chi connectivity index (χ3n) is 2.06. The Morgan fingerprint density at radius 1 is 1.47 bits per heavy atom. The lowest BCUT2D eigenvalue weighted by Gasteiger charge is -2.03. The van der Waals surface area contributed by atoms with Gasteiger partial charge in [0.2, 0.25) is 5.78 Å². The van der Waals surface area contributed by atoms with Gasteiger partial charge in [-0.15, -0.1) is 11.3 Å². The van der Waals surface area contributed by atoms with Crippen LogP contribution in [0.5, 0.6) is 5.75 Å². The number of rotatable bonds is 4. The minimum atomic E-state index is -0.0110. The fourth-order valence-electron chi connectivity index (χ4n) is 1.28. The van der Waals surface area contributed by atoms with Gasteiger partial charge in [0.05, 0.1) is 11.1 Å². The van der Waals surface area contributed by atoms with Crippen LogP contribution in [0.15, 0.2) is 35.1 Å². The predicted octanol–water partition coefficient (Wildman–Crippen LogP) is 3.48. The first-order valence-corrected chi connectivity index (χ1v) is 6.59. The zero-order valence-electron chi connectivity index (χ0n) is 9.14. The van der Waals surface area contributed by atoms with Crippen LogP contribution < -0.4 is 4.74 Å². The van der Waals surface area contributed by atoms with Crippen LogP contribution in [0.3, 0.4) is 0 Å². The normalized spacial score (nSPS) is 10.2. The average Bonchev–Trinajstić information content (AvgIpc) is 2.73. The van der Waals surface area contributed by atoms with E-state index in [2.05, 4.69) is 20.9 Å². The van der Waals surface area contributed by atoms with Gasteiger partial charge in [0.15, 0.2) is 6.61 Å². The molecule has 0 N–H and O–H groups in total. The van der Waals surface area contributed by atoms with Gasteiger partial charge in [0, 0.05) is 15.5 Å². The number of thiophene rings is 1. The van der Waals surface area contributed by atoms with Gasteiger partial charge in [-0.1, -0.05) is 0 Å². The van der Waals surface area contributed by atoms with Crippen LogP contribution in [0, 0.1) is 6.92 Å². The molecule has 2 aromatic heterocycles. The Balaban J connectivity index is 1.97. The number of Topliss-reactive ketones (excluding diaryl/α,β-unsaturated/α-hetero) is 1. The topological polar surface area (TPSA) is 39.2 Å². The van der Waals surface area contributed by atoms with Gasteiger partial charge >= 0.3 is 0 Å². The zero-order chi connectivity index (χ0) is 12.3. The van der Waals surface area contributed by atoms with Crippen LogP contribution in [0.4, 0.5) is 0 Å². The number of halogens is 1. The number of hydrogen-bond donors (Lipinski definition) is 0. The van der Waals surface area contributed by atoms with Gasteiger partial charge < -0.3 is 4.74 Å². The summed E-state index contributed by atoms with van der Waals surface area (Å²) < 4.78 is 6.21. The van der Waals surface area contributed by atoms with E-state index in [1.165, 1.54) is 11.3 Å². The van der Waals surface area contributed by atoms with E-state index in [9.17, 15) is 4.79 Å². The van der Waals surface area contributed by atoms with Gasteiger partial charge in [-0.05, 0) is 41.1 Å². The van der Waals surface area contributed by atoms with E-state index in [1.807, 2.05) is 19.1 Å².